The lowest BCUT2D eigenvalue weighted by Crippen LogP contribution is -2.27. The van der Waals surface area contributed by atoms with Gasteiger partial charge >= 0.3 is 6.18 Å². The molecule has 0 aliphatic heterocycles. The molecule has 2 aromatic rings. The largest absolute Gasteiger partial charge is 0.416 e. The van der Waals surface area contributed by atoms with Gasteiger partial charge in [-0.3, -0.25) is 14.9 Å². The lowest BCUT2D eigenvalue weighted by Gasteiger charge is -2.11. The number of hydrogen-bond donors (Lipinski definition) is 3. The van der Waals surface area contributed by atoms with E-state index in [4.69, 9.17) is 0 Å². The van der Waals surface area contributed by atoms with Crippen molar-refractivity contribution < 1.29 is 22.9 Å². The average Bonchev–Trinajstić information content (AvgIpc) is 2.67. The maximum atomic E-state index is 12.7. The summed E-state index contributed by atoms with van der Waals surface area (Å²) >= 11 is 0. The first-order valence-electron chi connectivity index (χ1n) is 8.92. The van der Waals surface area contributed by atoms with Crippen LogP contribution in [0, 0.1) is 10.1 Å². The van der Waals surface area contributed by atoms with Gasteiger partial charge in [0, 0.05) is 37.8 Å². The molecule has 0 fully saturated rings. The predicted molar refractivity (Wildman–Crippen MR) is 104 cm³/mol. The van der Waals surface area contributed by atoms with Gasteiger partial charge in [-0.1, -0.05) is 18.2 Å². The summed E-state index contributed by atoms with van der Waals surface area (Å²) in [5.41, 5.74) is -0.868. The van der Waals surface area contributed by atoms with Crippen molar-refractivity contribution >= 4 is 23.0 Å². The highest BCUT2D eigenvalue weighted by atomic mass is 19.4. The summed E-state index contributed by atoms with van der Waals surface area (Å²) in [6.07, 6.45) is -3.93. The van der Waals surface area contributed by atoms with Crippen LogP contribution in [0.15, 0.2) is 48.5 Å². The summed E-state index contributed by atoms with van der Waals surface area (Å²) in [6.45, 7) is 1.19. The van der Waals surface area contributed by atoms with E-state index in [0.29, 0.717) is 25.6 Å². The number of nitro groups is 1. The van der Waals surface area contributed by atoms with E-state index in [0.717, 1.165) is 17.8 Å². The van der Waals surface area contributed by atoms with Crippen molar-refractivity contribution in [3.05, 3.63) is 64.2 Å². The Morgan fingerprint density at radius 3 is 2.38 bits per heavy atom. The number of para-hydroxylation sites is 1. The number of anilines is 2. The second kappa shape index (κ2) is 10.3. The molecule has 7 nitrogen and oxygen atoms in total. The molecule has 0 heterocycles. The van der Waals surface area contributed by atoms with Crippen molar-refractivity contribution in [2.75, 3.05) is 30.3 Å². The van der Waals surface area contributed by atoms with Crippen LogP contribution in [0.3, 0.4) is 0 Å². The molecule has 2 aromatic carbocycles. The Morgan fingerprint density at radius 2 is 1.72 bits per heavy atom. The van der Waals surface area contributed by atoms with Gasteiger partial charge < -0.3 is 16.0 Å². The van der Waals surface area contributed by atoms with E-state index in [1.165, 1.54) is 0 Å². The predicted octanol–water partition coefficient (Wildman–Crippen LogP) is 4.03. The van der Waals surface area contributed by atoms with Crippen LogP contribution >= 0.6 is 0 Å². The highest BCUT2D eigenvalue weighted by Gasteiger charge is 2.33. The topological polar surface area (TPSA) is 96.3 Å². The summed E-state index contributed by atoms with van der Waals surface area (Å²) in [4.78, 5) is 21.9. The van der Waals surface area contributed by atoms with E-state index in [1.54, 1.807) is 0 Å². The number of carbonyl (C=O) groups excluding carboxylic acids is 1. The molecule has 10 heteroatoms. The Labute approximate surface area is 165 Å². The Bertz CT molecular complexity index is 829. The van der Waals surface area contributed by atoms with E-state index in [-0.39, 0.29) is 24.6 Å². The summed E-state index contributed by atoms with van der Waals surface area (Å²) < 4.78 is 38.1. The smallest absolute Gasteiger partial charge is 0.385 e. The molecule has 0 saturated heterocycles. The minimum Gasteiger partial charge on any atom is -0.385 e. The van der Waals surface area contributed by atoms with E-state index in [1.807, 2.05) is 30.3 Å². The molecule has 0 bridgehead atoms. The van der Waals surface area contributed by atoms with Gasteiger partial charge in [-0.25, -0.2) is 0 Å². The molecule has 1 amide bonds. The van der Waals surface area contributed by atoms with E-state index in [2.05, 4.69) is 16.0 Å². The monoisotopic (exact) mass is 410 g/mol. The number of nitro benzene ring substituents is 1. The maximum Gasteiger partial charge on any atom is 0.416 e. The van der Waals surface area contributed by atoms with Gasteiger partial charge in [-0.05, 0) is 30.7 Å². The number of rotatable bonds is 10. The average molecular weight is 410 g/mol. The summed E-state index contributed by atoms with van der Waals surface area (Å²) in [5, 5.41) is 19.6. The van der Waals surface area contributed by atoms with Crippen LogP contribution in [0.5, 0.6) is 0 Å². The lowest BCUT2D eigenvalue weighted by molar-refractivity contribution is -0.384. The SMILES string of the molecule is O=C(CCNc1ccc(C(F)(F)F)cc1[N+](=O)[O-])NCCCNc1ccccc1. The van der Waals surface area contributed by atoms with Crippen LogP contribution in [0.2, 0.25) is 0 Å². The third kappa shape index (κ3) is 7.32. The molecule has 0 aliphatic carbocycles. The van der Waals surface area contributed by atoms with Crippen LogP contribution in [0.1, 0.15) is 18.4 Å². The summed E-state index contributed by atoms with van der Waals surface area (Å²) in [5.74, 6) is -0.258. The van der Waals surface area contributed by atoms with Gasteiger partial charge in [0.15, 0.2) is 0 Å². The van der Waals surface area contributed by atoms with Gasteiger partial charge in [0.1, 0.15) is 5.69 Å². The molecule has 0 saturated carbocycles. The fourth-order valence-corrected chi connectivity index (χ4v) is 2.51. The number of nitrogens with one attached hydrogen (secondary N) is 3. The molecular formula is C19H21F3N4O3. The third-order valence-corrected chi connectivity index (χ3v) is 3.97. The normalized spacial score (nSPS) is 11.0. The maximum absolute atomic E-state index is 12.7. The van der Waals surface area contributed by atoms with Crippen molar-refractivity contribution in [2.24, 2.45) is 0 Å². The standard InChI is InChI=1S/C19H21F3N4O3/c20-19(21,22)14-7-8-16(17(13-14)26(28)29)24-12-9-18(27)25-11-4-10-23-15-5-2-1-3-6-15/h1-3,5-8,13,23-24H,4,9-12H2,(H,25,27). The third-order valence-electron chi connectivity index (χ3n) is 3.97. The van der Waals surface area contributed by atoms with E-state index >= 15 is 0 Å². The molecule has 2 rings (SSSR count). The van der Waals surface area contributed by atoms with Gasteiger partial charge in [0.05, 0.1) is 10.5 Å². The van der Waals surface area contributed by atoms with Crippen LogP contribution in [-0.4, -0.2) is 30.5 Å². The minimum absolute atomic E-state index is 0.0320. The van der Waals surface area contributed by atoms with Gasteiger partial charge in [0.2, 0.25) is 5.91 Å². The van der Waals surface area contributed by atoms with Crippen molar-refractivity contribution in [3.63, 3.8) is 0 Å². The molecule has 29 heavy (non-hydrogen) atoms. The van der Waals surface area contributed by atoms with Crippen molar-refractivity contribution in [1.29, 1.82) is 0 Å². The quantitative estimate of drug-likeness (QED) is 0.312. The molecule has 0 atom stereocenters. The fourth-order valence-electron chi connectivity index (χ4n) is 2.51. The zero-order valence-corrected chi connectivity index (χ0v) is 15.5. The van der Waals surface area contributed by atoms with Gasteiger partial charge in [-0.2, -0.15) is 13.2 Å². The molecular weight excluding hydrogens is 389 g/mol. The number of amides is 1. The van der Waals surface area contributed by atoms with Crippen molar-refractivity contribution in [1.82, 2.24) is 5.32 Å². The number of halogens is 3. The number of nitrogens with zero attached hydrogens (tertiary/aromatic N) is 1. The molecule has 0 unspecified atom stereocenters. The van der Waals surface area contributed by atoms with E-state index < -0.39 is 22.4 Å². The van der Waals surface area contributed by atoms with Gasteiger partial charge in [-0.15, -0.1) is 0 Å². The van der Waals surface area contributed by atoms with E-state index in [9.17, 15) is 28.1 Å². The van der Waals surface area contributed by atoms with Crippen molar-refractivity contribution in [3.8, 4) is 0 Å². The molecule has 0 spiro atoms. The molecule has 156 valence electrons. The number of hydrogen-bond acceptors (Lipinski definition) is 5. The van der Waals surface area contributed by atoms with Crippen LogP contribution < -0.4 is 16.0 Å². The number of benzene rings is 2. The first-order chi connectivity index (χ1) is 13.8. The Hall–Kier alpha value is -3.30. The first kappa shape index (κ1) is 22.0. The highest BCUT2D eigenvalue weighted by molar-refractivity contribution is 5.76. The lowest BCUT2D eigenvalue weighted by atomic mass is 10.1. The zero-order chi connectivity index (χ0) is 21.3. The summed E-state index contributed by atoms with van der Waals surface area (Å²) in [6, 6.07) is 11.8. The summed E-state index contributed by atoms with van der Waals surface area (Å²) in [7, 11) is 0. The second-order valence-electron chi connectivity index (χ2n) is 6.16. The van der Waals surface area contributed by atoms with Crippen LogP contribution in [-0.2, 0) is 11.0 Å². The molecule has 0 aliphatic rings. The number of carbonyl (C=O) groups is 1. The minimum atomic E-state index is -4.67. The Balaban J connectivity index is 1.72. The van der Waals surface area contributed by atoms with Crippen molar-refractivity contribution in [2.45, 2.75) is 19.0 Å². The number of alkyl halides is 3. The van der Waals surface area contributed by atoms with Crippen LogP contribution in [0.4, 0.5) is 30.2 Å². The zero-order valence-electron chi connectivity index (χ0n) is 15.5. The molecule has 3 N–H and O–H groups in total. The Kier molecular flexibility index (Phi) is 7.81. The Morgan fingerprint density at radius 1 is 1.00 bits per heavy atom. The molecule has 0 aromatic heterocycles. The van der Waals surface area contributed by atoms with Gasteiger partial charge in [0.25, 0.3) is 5.69 Å². The first-order valence-corrected chi connectivity index (χ1v) is 8.92. The highest BCUT2D eigenvalue weighted by Crippen LogP contribution is 2.34. The van der Waals surface area contributed by atoms with Crippen LogP contribution in [0.25, 0.3) is 0 Å². The molecule has 0 radical (unpaired) electrons. The second-order valence-corrected chi connectivity index (χ2v) is 6.16. The fraction of sp³-hybridized carbons (Fsp3) is 0.316.